The SMILES string of the molecule is NCCN1CCCC2CN(C(=O)c3cc(Cc4n[nH]c(=O)c5ccccc45)ccc3F)CC21. The third kappa shape index (κ3) is 4.16. The van der Waals surface area contributed by atoms with Crippen molar-refractivity contribution >= 4 is 16.7 Å². The summed E-state index contributed by atoms with van der Waals surface area (Å²) in [6.07, 6.45) is 2.57. The van der Waals surface area contributed by atoms with Crippen molar-refractivity contribution in [3.05, 3.63) is 75.5 Å². The maximum atomic E-state index is 14.7. The van der Waals surface area contributed by atoms with Gasteiger partial charge in [0.1, 0.15) is 5.82 Å². The van der Waals surface area contributed by atoms with E-state index in [1.165, 1.54) is 6.07 Å². The summed E-state index contributed by atoms with van der Waals surface area (Å²) in [5.41, 5.74) is 7.06. The van der Waals surface area contributed by atoms with E-state index in [0.717, 1.165) is 36.9 Å². The van der Waals surface area contributed by atoms with Crippen LogP contribution in [-0.4, -0.2) is 64.7 Å². The topological polar surface area (TPSA) is 95.3 Å². The summed E-state index contributed by atoms with van der Waals surface area (Å²) in [5.74, 6) is -0.371. The number of amides is 1. The second-order valence-corrected chi connectivity index (χ2v) is 9.04. The summed E-state index contributed by atoms with van der Waals surface area (Å²) in [6, 6.07) is 12.2. The van der Waals surface area contributed by atoms with Gasteiger partial charge >= 0.3 is 0 Å². The van der Waals surface area contributed by atoms with E-state index >= 15 is 0 Å². The van der Waals surface area contributed by atoms with Crippen LogP contribution >= 0.6 is 0 Å². The minimum atomic E-state index is -0.517. The first-order valence-corrected chi connectivity index (χ1v) is 11.5. The van der Waals surface area contributed by atoms with Crippen LogP contribution in [0.2, 0.25) is 0 Å². The Kier molecular flexibility index (Phi) is 5.95. The van der Waals surface area contributed by atoms with Crippen molar-refractivity contribution in [2.45, 2.75) is 25.3 Å². The van der Waals surface area contributed by atoms with Gasteiger partial charge in [0.25, 0.3) is 11.5 Å². The van der Waals surface area contributed by atoms with Gasteiger partial charge in [-0.05, 0) is 49.1 Å². The van der Waals surface area contributed by atoms with Crippen LogP contribution in [0.5, 0.6) is 0 Å². The van der Waals surface area contributed by atoms with E-state index in [2.05, 4.69) is 15.1 Å². The van der Waals surface area contributed by atoms with Crippen LogP contribution in [0, 0.1) is 11.7 Å². The Bertz CT molecular complexity index is 1240. The largest absolute Gasteiger partial charge is 0.337 e. The summed E-state index contributed by atoms with van der Waals surface area (Å²) < 4.78 is 14.7. The number of carbonyl (C=O) groups is 1. The molecule has 0 bridgehead atoms. The molecule has 33 heavy (non-hydrogen) atoms. The fourth-order valence-corrected chi connectivity index (χ4v) is 5.40. The zero-order valence-corrected chi connectivity index (χ0v) is 18.5. The smallest absolute Gasteiger partial charge is 0.272 e. The highest BCUT2D eigenvalue weighted by Crippen LogP contribution is 2.31. The van der Waals surface area contributed by atoms with E-state index in [0.29, 0.717) is 49.1 Å². The zero-order chi connectivity index (χ0) is 22.9. The highest BCUT2D eigenvalue weighted by Gasteiger charge is 2.40. The lowest BCUT2D eigenvalue weighted by Crippen LogP contribution is -2.47. The van der Waals surface area contributed by atoms with Crippen LogP contribution in [-0.2, 0) is 6.42 Å². The summed E-state index contributed by atoms with van der Waals surface area (Å²) in [4.78, 5) is 29.5. The molecule has 3 heterocycles. The minimum Gasteiger partial charge on any atom is -0.337 e. The molecule has 2 fully saturated rings. The summed E-state index contributed by atoms with van der Waals surface area (Å²) >= 11 is 0. The minimum absolute atomic E-state index is 0.0882. The van der Waals surface area contributed by atoms with E-state index in [9.17, 15) is 14.0 Å². The van der Waals surface area contributed by atoms with Crippen molar-refractivity contribution in [2.75, 3.05) is 32.7 Å². The molecule has 0 saturated carbocycles. The number of benzene rings is 2. The van der Waals surface area contributed by atoms with Crippen LogP contribution in [0.25, 0.3) is 10.8 Å². The van der Waals surface area contributed by atoms with E-state index in [1.807, 2.05) is 12.1 Å². The van der Waals surface area contributed by atoms with Gasteiger partial charge in [-0.2, -0.15) is 5.10 Å². The van der Waals surface area contributed by atoms with Crippen LogP contribution in [0.4, 0.5) is 4.39 Å². The normalized spacial score (nSPS) is 20.8. The van der Waals surface area contributed by atoms with Gasteiger partial charge in [-0.15, -0.1) is 0 Å². The lowest BCUT2D eigenvalue weighted by Gasteiger charge is -2.36. The van der Waals surface area contributed by atoms with Gasteiger partial charge in [0.2, 0.25) is 0 Å². The molecule has 2 aromatic carbocycles. The lowest BCUT2D eigenvalue weighted by molar-refractivity contribution is 0.0772. The van der Waals surface area contributed by atoms with Crippen molar-refractivity contribution in [1.82, 2.24) is 20.0 Å². The molecule has 0 radical (unpaired) electrons. The Balaban J connectivity index is 1.39. The van der Waals surface area contributed by atoms with Crippen LogP contribution in [0.15, 0.2) is 47.3 Å². The number of hydrogen-bond donors (Lipinski definition) is 2. The number of nitrogens with two attached hydrogens (primary N) is 1. The molecule has 1 aromatic heterocycles. The number of carbonyl (C=O) groups excluding carboxylic acids is 1. The number of likely N-dealkylation sites (tertiary alicyclic amines) is 2. The number of piperidine rings is 1. The molecule has 2 unspecified atom stereocenters. The average Bonchev–Trinajstić information content (AvgIpc) is 3.27. The quantitative estimate of drug-likeness (QED) is 0.622. The average molecular weight is 450 g/mol. The van der Waals surface area contributed by atoms with E-state index in [4.69, 9.17) is 5.73 Å². The molecule has 3 N–H and O–H groups in total. The molecule has 8 heteroatoms. The molecule has 172 valence electrons. The molecule has 3 aromatic rings. The van der Waals surface area contributed by atoms with Crippen molar-refractivity contribution < 1.29 is 9.18 Å². The summed E-state index contributed by atoms with van der Waals surface area (Å²) in [5, 5.41) is 8.05. The zero-order valence-electron chi connectivity index (χ0n) is 18.5. The third-order valence-electron chi connectivity index (χ3n) is 7.01. The molecule has 2 aliphatic heterocycles. The Labute approximate surface area is 191 Å². The van der Waals surface area contributed by atoms with Gasteiger partial charge < -0.3 is 10.6 Å². The number of aromatic amines is 1. The number of H-pyrrole nitrogens is 1. The third-order valence-corrected chi connectivity index (χ3v) is 7.01. The fraction of sp³-hybridized carbons (Fsp3) is 0.400. The first-order valence-electron chi connectivity index (χ1n) is 11.5. The predicted octanol–water partition coefficient (Wildman–Crippen LogP) is 2.15. The number of hydrogen-bond acceptors (Lipinski definition) is 5. The number of halogens is 1. The van der Waals surface area contributed by atoms with E-state index in [1.54, 1.807) is 29.2 Å². The first kappa shape index (κ1) is 21.7. The highest BCUT2D eigenvalue weighted by molar-refractivity contribution is 5.95. The van der Waals surface area contributed by atoms with Crippen molar-refractivity contribution in [3.8, 4) is 0 Å². The first-order chi connectivity index (χ1) is 16.0. The summed E-state index contributed by atoms with van der Waals surface area (Å²) in [7, 11) is 0. The number of fused-ring (bicyclic) bond motifs is 2. The molecule has 5 rings (SSSR count). The number of rotatable bonds is 5. The molecule has 2 saturated heterocycles. The maximum absolute atomic E-state index is 14.7. The molecule has 2 atom stereocenters. The fourth-order valence-electron chi connectivity index (χ4n) is 5.40. The Morgan fingerprint density at radius 2 is 2.00 bits per heavy atom. The molecule has 2 aliphatic rings. The second kappa shape index (κ2) is 9.03. The second-order valence-electron chi connectivity index (χ2n) is 9.04. The Hall–Kier alpha value is -3.10. The Morgan fingerprint density at radius 1 is 1.18 bits per heavy atom. The van der Waals surface area contributed by atoms with E-state index < -0.39 is 5.82 Å². The van der Waals surface area contributed by atoms with Crippen LogP contribution in [0.3, 0.4) is 0 Å². The van der Waals surface area contributed by atoms with Gasteiger partial charge in [0.15, 0.2) is 0 Å². The van der Waals surface area contributed by atoms with Gasteiger partial charge in [-0.1, -0.05) is 24.3 Å². The lowest BCUT2D eigenvalue weighted by atomic mass is 9.92. The van der Waals surface area contributed by atoms with Crippen LogP contribution in [0.1, 0.15) is 34.5 Å². The molecule has 7 nitrogen and oxygen atoms in total. The van der Waals surface area contributed by atoms with Crippen LogP contribution < -0.4 is 11.3 Å². The Morgan fingerprint density at radius 3 is 2.82 bits per heavy atom. The van der Waals surface area contributed by atoms with E-state index in [-0.39, 0.29) is 17.0 Å². The number of nitrogens with one attached hydrogen (secondary N) is 1. The van der Waals surface area contributed by atoms with Gasteiger partial charge in [-0.25, -0.2) is 9.49 Å². The van der Waals surface area contributed by atoms with Crippen molar-refractivity contribution in [2.24, 2.45) is 11.7 Å². The standard InChI is InChI=1S/C25H28FN5O2/c26-21-8-7-16(13-22-18-5-1-2-6-19(18)24(32)29-28-22)12-20(21)25(33)31-14-17-4-3-10-30(11-9-27)23(17)15-31/h1-2,5-8,12,17,23H,3-4,9-11,13-15,27H2,(H,29,32). The van der Waals surface area contributed by atoms with Crippen molar-refractivity contribution in [1.29, 1.82) is 0 Å². The maximum Gasteiger partial charge on any atom is 0.272 e. The van der Waals surface area contributed by atoms with Crippen molar-refractivity contribution in [3.63, 3.8) is 0 Å². The van der Waals surface area contributed by atoms with Gasteiger partial charge in [-0.3, -0.25) is 14.5 Å². The van der Waals surface area contributed by atoms with Gasteiger partial charge in [0.05, 0.1) is 16.6 Å². The summed E-state index contributed by atoms with van der Waals surface area (Å²) in [6.45, 7) is 3.69. The molecular formula is C25H28FN5O2. The molecule has 0 aliphatic carbocycles. The predicted molar refractivity (Wildman–Crippen MR) is 125 cm³/mol. The highest BCUT2D eigenvalue weighted by atomic mass is 19.1. The number of nitrogens with zero attached hydrogens (tertiary/aromatic N) is 3. The monoisotopic (exact) mass is 449 g/mol. The molecule has 0 spiro atoms. The number of aromatic nitrogens is 2. The molecular weight excluding hydrogens is 421 g/mol. The molecule has 1 amide bonds. The van der Waals surface area contributed by atoms with Gasteiger partial charge in [0, 0.05) is 44.0 Å².